The van der Waals surface area contributed by atoms with Crippen LogP contribution in [0, 0.1) is 5.82 Å². The van der Waals surface area contributed by atoms with Gasteiger partial charge in [0.25, 0.3) is 0 Å². The molecular weight excluding hydrogens is 313 g/mol. The van der Waals surface area contributed by atoms with E-state index in [0.29, 0.717) is 23.5 Å². The molecule has 0 spiro atoms. The molecule has 0 amide bonds. The number of benzene rings is 1. The summed E-state index contributed by atoms with van der Waals surface area (Å²) in [5.74, 6) is 0.0670. The van der Waals surface area contributed by atoms with E-state index in [1.165, 1.54) is 6.07 Å². The summed E-state index contributed by atoms with van der Waals surface area (Å²) >= 11 is 3.11. The lowest BCUT2D eigenvalue weighted by Crippen LogP contribution is -2.37. The van der Waals surface area contributed by atoms with Crippen molar-refractivity contribution in [1.29, 1.82) is 0 Å². The molecule has 0 saturated carbocycles. The molecular formula is C13H17BrFN3O. The van der Waals surface area contributed by atoms with Gasteiger partial charge in [0.15, 0.2) is 5.96 Å². The molecule has 1 aromatic carbocycles. The third kappa shape index (κ3) is 4.47. The Kier molecular flexibility index (Phi) is 5.15. The van der Waals surface area contributed by atoms with Crippen molar-refractivity contribution in [3.05, 3.63) is 34.1 Å². The maximum absolute atomic E-state index is 13.3. The Morgan fingerprint density at radius 1 is 1.58 bits per heavy atom. The van der Waals surface area contributed by atoms with Gasteiger partial charge in [-0.2, -0.15) is 0 Å². The molecule has 4 nitrogen and oxygen atoms in total. The fourth-order valence-electron chi connectivity index (χ4n) is 1.89. The standard InChI is InChI=1S/C13H17BrFN3O/c14-11-4-3-9(6-12(11)15)7-17-13(16)18-8-10-2-1-5-19-10/h3-4,6,10H,1-2,5,7-8H2,(H3,16,17,18). The molecule has 1 heterocycles. The molecule has 19 heavy (non-hydrogen) atoms. The molecule has 1 saturated heterocycles. The van der Waals surface area contributed by atoms with E-state index in [1.54, 1.807) is 6.07 Å². The molecule has 0 aliphatic carbocycles. The van der Waals surface area contributed by atoms with Gasteiger partial charge in [0.1, 0.15) is 5.82 Å². The fraction of sp³-hybridized carbons (Fsp3) is 0.462. The van der Waals surface area contributed by atoms with Gasteiger partial charge in [-0.15, -0.1) is 0 Å². The summed E-state index contributed by atoms with van der Waals surface area (Å²) in [7, 11) is 0. The lowest BCUT2D eigenvalue weighted by atomic mass is 10.2. The lowest BCUT2D eigenvalue weighted by molar-refractivity contribution is 0.114. The van der Waals surface area contributed by atoms with E-state index >= 15 is 0 Å². The molecule has 1 unspecified atom stereocenters. The largest absolute Gasteiger partial charge is 0.376 e. The first kappa shape index (κ1) is 14.3. The molecule has 1 atom stereocenters. The highest BCUT2D eigenvalue weighted by atomic mass is 79.9. The molecule has 6 heteroatoms. The number of hydrogen-bond donors (Lipinski definition) is 2. The van der Waals surface area contributed by atoms with Gasteiger partial charge in [-0.1, -0.05) is 6.07 Å². The second-order valence-electron chi connectivity index (χ2n) is 4.47. The van der Waals surface area contributed by atoms with Gasteiger partial charge in [0.2, 0.25) is 0 Å². The van der Waals surface area contributed by atoms with Gasteiger partial charge in [-0.25, -0.2) is 9.38 Å². The number of guanidine groups is 1. The minimum atomic E-state index is -0.293. The maximum Gasteiger partial charge on any atom is 0.189 e. The van der Waals surface area contributed by atoms with Crippen molar-refractivity contribution >= 4 is 21.9 Å². The summed E-state index contributed by atoms with van der Waals surface area (Å²) in [5, 5.41) is 3.02. The number of aliphatic imine (C=N–C) groups is 1. The van der Waals surface area contributed by atoms with Crippen LogP contribution < -0.4 is 11.1 Å². The van der Waals surface area contributed by atoms with Crippen molar-refractivity contribution in [3.63, 3.8) is 0 Å². The first-order chi connectivity index (χ1) is 9.15. The van der Waals surface area contributed by atoms with E-state index in [-0.39, 0.29) is 11.9 Å². The molecule has 2 rings (SSSR count). The Bertz CT molecular complexity index is 461. The second kappa shape index (κ2) is 6.86. The van der Waals surface area contributed by atoms with Crippen LogP contribution >= 0.6 is 15.9 Å². The third-order valence-corrected chi connectivity index (χ3v) is 3.59. The van der Waals surface area contributed by atoms with Gasteiger partial charge in [-0.3, -0.25) is 0 Å². The highest BCUT2D eigenvalue weighted by molar-refractivity contribution is 9.10. The third-order valence-electron chi connectivity index (χ3n) is 2.95. The summed E-state index contributed by atoms with van der Waals surface area (Å²) in [5.41, 5.74) is 6.53. The quantitative estimate of drug-likeness (QED) is 0.657. The second-order valence-corrected chi connectivity index (χ2v) is 5.32. The molecule has 0 radical (unpaired) electrons. The zero-order chi connectivity index (χ0) is 13.7. The van der Waals surface area contributed by atoms with Crippen molar-refractivity contribution in [2.75, 3.05) is 13.2 Å². The summed E-state index contributed by atoms with van der Waals surface area (Å²) < 4.78 is 19.2. The maximum atomic E-state index is 13.3. The summed E-state index contributed by atoms with van der Waals surface area (Å²) in [6.07, 6.45) is 2.37. The normalized spacial score (nSPS) is 19.7. The van der Waals surface area contributed by atoms with E-state index in [1.807, 2.05) is 6.07 Å². The van der Waals surface area contributed by atoms with Crippen LogP contribution in [-0.2, 0) is 11.3 Å². The minimum absolute atomic E-state index is 0.221. The van der Waals surface area contributed by atoms with E-state index in [0.717, 1.165) is 25.0 Å². The Morgan fingerprint density at radius 2 is 2.42 bits per heavy atom. The molecule has 3 N–H and O–H groups in total. The fourth-order valence-corrected chi connectivity index (χ4v) is 2.14. The average molecular weight is 330 g/mol. The van der Waals surface area contributed by atoms with Crippen molar-refractivity contribution in [2.24, 2.45) is 10.7 Å². The number of nitrogens with two attached hydrogens (primary N) is 1. The van der Waals surface area contributed by atoms with Crippen LogP contribution in [0.15, 0.2) is 27.7 Å². The van der Waals surface area contributed by atoms with Crippen molar-refractivity contribution in [3.8, 4) is 0 Å². The number of halogens is 2. The Hall–Kier alpha value is -1.14. The van der Waals surface area contributed by atoms with Gasteiger partial charge < -0.3 is 15.8 Å². The predicted molar refractivity (Wildman–Crippen MR) is 76.4 cm³/mol. The topological polar surface area (TPSA) is 59.6 Å². The van der Waals surface area contributed by atoms with E-state index in [9.17, 15) is 4.39 Å². The first-order valence-electron chi connectivity index (χ1n) is 6.24. The lowest BCUT2D eigenvalue weighted by Gasteiger charge is -2.11. The minimum Gasteiger partial charge on any atom is -0.376 e. The molecule has 1 aromatic rings. The zero-order valence-electron chi connectivity index (χ0n) is 10.5. The van der Waals surface area contributed by atoms with Crippen molar-refractivity contribution < 1.29 is 9.13 Å². The smallest absolute Gasteiger partial charge is 0.189 e. The Balaban J connectivity index is 1.81. The van der Waals surface area contributed by atoms with E-state index < -0.39 is 0 Å². The zero-order valence-corrected chi connectivity index (χ0v) is 12.1. The number of ether oxygens (including phenoxy) is 1. The molecule has 1 aliphatic heterocycles. The van der Waals surface area contributed by atoms with Crippen LogP contribution in [0.5, 0.6) is 0 Å². The van der Waals surface area contributed by atoms with Gasteiger partial charge >= 0.3 is 0 Å². The summed E-state index contributed by atoms with van der Waals surface area (Å²) in [4.78, 5) is 4.17. The Morgan fingerprint density at radius 3 is 3.11 bits per heavy atom. The van der Waals surface area contributed by atoms with Crippen LogP contribution in [-0.4, -0.2) is 25.2 Å². The number of hydrogen-bond acceptors (Lipinski definition) is 2. The van der Waals surface area contributed by atoms with Crippen molar-refractivity contribution in [2.45, 2.75) is 25.5 Å². The van der Waals surface area contributed by atoms with Gasteiger partial charge in [0.05, 0.1) is 17.1 Å². The van der Waals surface area contributed by atoms with Crippen LogP contribution in [0.4, 0.5) is 4.39 Å². The van der Waals surface area contributed by atoms with Crippen LogP contribution in [0.25, 0.3) is 0 Å². The SMILES string of the molecule is NC(=NCc1ccc(Br)c(F)c1)NCC1CCCO1. The summed E-state index contributed by atoms with van der Waals surface area (Å²) in [6.45, 7) is 1.85. The van der Waals surface area contributed by atoms with Crippen LogP contribution in [0.1, 0.15) is 18.4 Å². The number of nitrogens with one attached hydrogen (secondary N) is 1. The van der Waals surface area contributed by atoms with Crippen molar-refractivity contribution in [1.82, 2.24) is 5.32 Å². The van der Waals surface area contributed by atoms with E-state index in [2.05, 4.69) is 26.2 Å². The van der Waals surface area contributed by atoms with E-state index in [4.69, 9.17) is 10.5 Å². The van der Waals surface area contributed by atoms with Crippen LogP contribution in [0.3, 0.4) is 0 Å². The first-order valence-corrected chi connectivity index (χ1v) is 7.04. The van der Waals surface area contributed by atoms with Gasteiger partial charge in [0, 0.05) is 13.2 Å². The van der Waals surface area contributed by atoms with Crippen LogP contribution in [0.2, 0.25) is 0 Å². The highest BCUT2D eigenvalue weighted by Gasteiger charge is 2.14. The molecule has 0 aromatic heterocycles. The van der Waals surface area contributed by atoms with Gasteiger partial charge in [-0.05, 0) is 46.5 Å². The number of nitrogens with zero attached hydrogens (tertiary/aromatic N) is 1. The molecule has 1 fully saturated rings. The Labute approximate surface area is 120 Å². The monoisotopic (exact) mass is 329 g/mol. The molecule has 104 valence electrons. The molecule has 0 bridgehead atoms. The molecule has 1 aliphatic rings. The average Bonchev–Trinajstić information content (AvgIpc) is 2.91. The number of rotatable bonds is 4. The highest BCUT2D eigenvalue weighted by Crippen LogP contribution is 2.16. The summed E-state index contributed by atoms with van der Waals surface area (Å²) in [6, 6.07) is 4.92. The predicted octanol–water partition coefficient (Wildman–Crippen LogP) is 2.17.